The van der Waals surface area contributed by atoms with Gasteiger partial charge in [-0.3, -0.25) is 0 Å². The standard InChI is InChI=1S/C19H31BrNSi.CH3.2ClH.Zr/c1-11-9-17(20)10-12(2)18(11)21-22(7,8)19-15(5)13(3)14(4)16(19)6;;;;/h9-10,13-16,19H,1-8H3;1H3;2*1H;/q2*-1;;;+4/p-2. The van der Waals surface area contributed by atoms with Crippen molar-refractivity contribution in [3.8, 4) is 0 Å². The van der Waals surface area contributed by atoms with Crippen molar-refractivity contribution in [2.45, 2.75) is 60.2 Å². The maximum absolute atomic E-state index is 5.40. The molecule has 1 fully saturated rings. The van der Waals surface area contributed by atoms with Crippen LogP contribution in [0.3, 0.4) is 0 Å². The summed E-state index contributed by atoms with van der Waals surface area (Å²) < 4.78 is 1.16. The summed E-state index contributed by atoms with van der Waals surface area (Å²) in [6.45, 7) is 19.1. The Morgan fingerprint density at radius 2 is 1.27 bits per heavy atom. The second-order valence-electron chi connectivity index (χ2n) is 8.19. The molecule has 4 atom stereocenters. The van der Waals surface area contributed by atoms with Gasteiger partial charge in [-0.1, -0.05) is 73.4 Å². The van der Waals surface area contributed by atoms with Gasteiger partial charge >= 0.3 is 37.9 Å². The molecule has 1 aromatic carbocycles. The summed E-state index contributed by atoms with van der Waals surface area (Å²) in [6, 6.07) is 4.39. The molecule has 0 bridgehead atoms. The van der Waals surface area contributed by atoms with Crippen LogP contribution in [0.5, 0.6) is 0 Å². The first-order valence-corrected chi connectivity index (χ1v) is 19.1. The average Bonchev–Trinajstić information content (AvgIpc) is 2.68. The van der Waals surface area contributed by atoms with Crippen LogP contribution in [0.15, 0.2) is 16.6 Å². The molecule has 1 nitrogen and oxygen atoms in total. The van der Waals surface area contributed by atoms with E-state index in [1.807, 2.05) is 0 Å². The molecule has 0 heterocycles. The Morgan fingerprint density at radius 3 is 1.62 bits per heavy atom. The molecule has 1 saturated carbocycles. The molecular formula is C20H34BrCl2NSiZr. The Balaban J connectivity index is 0.00000146. The van der Waals surface area contributed by atoms with Gasteiger partial charge in [-0.15, -0.1) is 5.69 Å². The molecule has 2 rings (SSSR count). The van der Waals surface area contributed by atoms with E-state index in [-0.39, 0.29) is 7.43 Å². The number of aryl methyl sites for hydroxylation is 2. The first-order valence-electron chi connectivity index (χ1n) is 8.93. The number of rotatable bonds is 3. The van der Waals surface area contributed by atoms with E-state index < -0.39 is 29.1 Å². The van der Waals surface area contributed by atoms with Crippen molar-refractivity contribution in [2.24, 2.45) is 23.7 Å². The van der Waals surface area contributed by atoms with E-state index in [0.29, 0.717) is 0 Å². The summed E-state index contributed by atoms with van der Waals surface area (Å²) in [5, 5.41) is 0. The molecule has 0 saturated heterocycles. The van der Waals surface area contributed by atoms with Crippen molar-refractivity contribution in [3.05, 3.63) is 40.1 Å². The van der Waals surface area contributed by atoms with Gasteiger partial charge in [0.25, 0.3) is 0 Å². The molecule has 1 aromatic rings. The predicted molar refractivity (Wildman–Crippen MR) is 123 cm³/mol. The SMILES string of the molecule is Cc1cc(Br)cc(C)c1[N-][Si](C)(C)C1C(C)C(C)C(C)C1C.[CH3-].[Cl][Zr+2][Cl]. The van der Waals surface area contributed by atoms with E-state index in [0.717, 1.165) is 33.7 Å². The first kappa shape index (κ1) is 27.2. The van der Waals surface area contributed by atoms with Gasteiger partial charge < -0.3 is 12.4 Å². The molecule has 4 unspecified atom stereocenters. The topological polar surface area (TPSA) is 14.1 Å². The van der Waals surface area contributed by atoms with Crippen molar-refractivity contribution < 1.29 is 20.8 Å². The van der Waals surface area contributed by atoms with Crippen LogP contribution in [-0.4, -0.2) is 8.24 Å². The fourth-order valence-corrected chi connectivity index (χ4v) is 9.76. The van der Waals surface area contributed by atoms with Gasteiger partial charge in [0.05, 0.1) is 0 Å². The van der Waals surface area contributed by atoms with Gasteiger partial charge in [-0.05, 0) is 57.9 Å². The fourth-order valence-electron chi connectivity index (χ4n) is 4.82. The molecule has 0 amide bonds. The van der Waals surface area contributed by atoms with Gasteiger partial charge in [-0.25, -0.2) is 0 Å². The number of hydrogen-bond donors (Lipinski definition) is 0. The third-order valence-corrected chi connectivity index (χ3v) is 10.2. The molecular weight excluding hydrogens is 524 g/mol. The zero-order valence-electron chi connectivity index (χ0n) is 17.6. The van der Waals surface area contributed by atoms with Crippen LogP contribution < -0.4 is 0 Å². The van der Waals surface area contributed by atoms with Crippen LogP contribution in [0.25, 0.3) is 4.98 Å². The third-order valence-electron chi connectivity index (χ3n) is 6.29. The Labute approximate surface area is 190 Å². The molecule has 0 aromatic heterocycles. The zero-order valence-corrected chi connectivity index (χ0v) is 24.2. The van der Waals surface area contributed by atoms with Crippen molar-refractivity contribution in [1.82, 2.24) is 0 Å². The molecule has 0 spiro atoms. The van der Waals surface area contributed by atoms with Crippen LogP contribution >= 0.6 is 33.0 Å². The van der Waals surface area contributed by atoms with Gasteiger partial charge in [0.1, 0.15) is 0 Å². The second-order valence-corrected chi connectivity index (χ2v) is 17.0. The molecule has 0 aliphatic heterocycles. The van der Waals surface area contributed by atoms with E-state index >= 15 is 0 Å². The summed E-state index contributed by atoms with van der Waals surface area (Å²) in [5.41, 5.74) is 4.62. The van der Waals surface area contributed by atoms with Crippen LogP contribution in [0, 0.1) is 44.9 Å². The van der Waals surface area contributed by atoms with Gasteiger partial charge in [0.2, 0.25) is 0 Å². The molecule has 26 heavy (non-hydrogen) atoms. The van der Waals surface area contributed by atoms with Crippen LogP contribution in [0.4, 0.5) is 5.69 Å². The summed E-state index contributed by atoms with van der Waals surface area (Å²) in [5.74, 6) is 3.20. The summed E-state index contributed by atoms with van der Waals surface area (Å²) in [7, 11) is 8.18. The second kappa shape index (κ2) is 11.4. The normalized spacial score (nSPS) is 27.7. The van der Waals surface area contributed by atoms with Crippen molar-refractivity contribution >= 4 is 46.9 Å². The maximum atomic E-state index is 5.40. The fraction of sp³-hybridized carbons (Fsp3) is 0.650. The Hall–Kier alpha value is 1.18. The van der Waals surface area contributed by atoms with E-state index in [9.17, 15) is 0 Å². The Bertz CT molecular complexity index is 548. The number of nitrogens with zero attached hydrogens (tertiary/aromatic N) is 1. The van der Waals surface area contributed by atoms with E-state index in [2.05, 4.69) is 82.7 Å². The molecule has 6 heteroatoms. The summed E-state index contributed by atoms with van der Waals surface area (Å²) in [4.78, 5) is 5.40. The quantitative estimate of drug-likeness (QED) is 0.260. The van der Waals surface area contributed by atoms with E-state index in [1.54, 1.807) is 0 Å². The molecule has 148 valence electrons. The number of benzene rings is 1. The summed E-state index contributed by atoms with van der Waals surface area (Å²) in [6.07, 6.45) is 0. The van der Waals surface area contributed by atoms with E-state index in [1.165, 1.54) is 16.8 Å². The van der Waals surface area contributed by atoms with Crippen LogP contribution in [0.2, 0.25) is 18.6 Å². The zero-order chi connectivity index (χ0) is 19.5. The Morgan fingerprint density at radius 1 is 0.923 bits per heavy atom. The Kier molecular flexibility index (Phi) is 11.9. The predicted octanol–water partition coefficient (Wildman–Crippen LogP) is 9.03. The van der Waals surface area contributed by atoms with Crippen LogP contribution in [0.1, 0.15) is 38.8 Å². The monoisotopic (exact) mass is 555 g/mol. The van der Waals surface area contributed by atoms with Gasteiger partial charge in [0.15, 0.2) is 0 Å². The molecule has 1 aliphatic carbocycles. The van der Waals surface area contributed by atoms with E-state index in [4.69, 9.17) is 22.0 Å². The minimum absolute atomic E-state index is 0. The first-order chi connectivity index (χ1) is 11.5. The minimum atomic E-state index is -1.69. The average molecular weight is 559 g/mol. The number of halogens is 3. The molecule has 0 radical (unpaired) electrons. The van der Waals surface area contributed by atoms with Crippen molar-refractivity contribution in [3.63, 3.8) is 0 Å². The number of hydrogen-bond acceptors (Lipinski definition) is 0. The van der Waals surface area contributed by atoms with Gasteiger partial charge in [-0.2, -0.15) is 0 Å². The van der Waals surface area contributed by atoms with Gasteiger partial charge in [0, 0.05) is 4.47 Å². The third kappa shape index (κ3) is 6.34. The van der Waals surface area contributed by atoms with Crippen molar-refractivity contribution in [1.29, 1.82) is 0 Å². The van der Waals surface area contributed by atoms with Crippen molar-refractivity contribution in [2.75, 3.05) is 0 Å². The molecule has 0 N–H and O–H groups in total. The summed E-state index contributed by atoms with van der Waals surface area (Å²) >= 11 is 2.77. The van der Waals surface area contributed by atoms with Crippen LogP contribution in [-0.2, 0) is 20.8 Å². The molecule has 1 aliphatic rings.